The summed E-state index contributed by atoms with van der Waals surface area (Å²) in [6.45, 7) is 13.7. The maximum atomic E-state index is 12.0. The zero-order valence-corrected chi connectivity index (χ0v) is 21.2. The summed E-state index contributed by atoms with van der Waals surface area (Å²) in [4.78, 5) is 14.4. The monoisotopic (exact) mass is 466 g/mol. The quantitative estimate of drug-likeness (QED) is 0.123. The third-order valence-electron chi connectivity index (χ3n) is 5.82. The van der Waals surface area contributed by atoms with Gasteiger partial charge in [-0.3, -0.25) is 9.35 Å². The molecule has 0 fully saturated rings. The van der Waals surface area contributed by atoms with E-state index in [0.717, 1.165) is 26.2 Å². The van der Waals surface area contributed by atoms with Crippen LogP contribution in [0.5, 0.6) is 0 Å². The van der Waals surface area contributed by atoms with Gasteiger partial charge in [0.1, 0.15) is 0 Å². The van der Waals surface area contributed by atoms with Crippen LogP contribution in [0.2, 0.25) is 0 Å². The lowest BCUT2D eigenvalue weighted by atomic mass is 9.94. The minimum absolute atomic E-state index is 0.00927. The normalized spacial score (nSPS) is 13.7. The van der Waals surface area contributed by atoms with Crippen molar-refractivity contribution in [2.24, 2.45) is 17.6 Å². The Bertz CT molecular complexity index is 584. The summed E-state index contributed by atoms with van der Waals surface area (Å²) in [6, 6.07) is 0. The molecular weight excluding hydrogens is 418 g/mol. The van der Waals surface area contributed by atoms with Gasteiger partial charge >= 0.3 is 0 Å². The summed E-state index contributed by atoms with van der Waals surface area (Å²) in [5.41, 5.74) is 5.73. The Morgan fingerprint density at radius 2 is 1.74 bits per heavy atom. The van der Waals surface area contributed by atoms with Crippen LogP contribution in [0.3, 0.4) is 0 Å². The van der Waals surface area contributed by atoms with E-state index >= 15 is 0 Å². The van der Waals surface area contributed by atoms with Gasteiger partial charge in [0.2, 0.25) is 5.91 Å². The molecule has 1 atom stereocenters. The second-order valence-corrected chi connectivity index (χ2v) is 11.1. The van der Waals surface area contributed by atoms with Gasteiger partial charge in [0.05, 0.1) is 39.5 Å². The fourth-order valence-corrected chi connectivity index (χ4v) is 3.67. The number of rotatable bonds is 19. The molecule has 0 aromatic rings. The van der Waals surface area contributed by atoms with Crippen molar-refractivity contribution >= 4 is 16.0 Å². The first-order valence-electron chi connectivity index (χ1n) is 11.5. The van der Waals surface area contributed by atoms with Gasteiger partial charge in [-0.15, -0.1) is 0 Å². The summed E-state index contributed by atoms with van der Waals surface area (Å²) in [6.07, 6.45) is 1.99. The largest absolute Gasteiger partial charge is 0.350 e. The average Bonchev–Trinajstić information content (AvgIpc) is 2.63. The van der Waals surface area contributed by atoms with E-state index in [9.17, 15) is 13.2 Å². The molecule has 1 amide bonds. The van der Waals surface area contributed by atoms with Crippen LogP contribution in [-0.2, 0) is 14.9 Å². The van der Waals surface area contributed by atoms with Crippen LogP contribution in [0.15, 0.2) is 0 Å². The number of nitrogens with two attached hydrogens (primary N) is 1. The fraction of sp³-hybridized carbons (Fsp3) is 0.952. The van der Waals surface area contributed by atoms with E-state index in [0.29, 0.717) is 61.9 Å². The van der Waals surface area contributed by atoms with Gasteiger partial charge in [-0.25, -0.2) is 0 Å². The lowest BCUT2D eigenvalue weighted by Crippen LogP contribution is -2.46. The number of carbonyl (C=O) groups is 1. The van der Waals surface area contributed by atoms with E-state index < -0.39 is 10.1 Å². The third kappa shape index (κ3) is 18.5. The number of nitrogens with zero attached hydrogens (tertiary/aromatic N) is 2. The van der Waals surface area contributed by atoms with E-state index in [1.165, 1.54) is 6.42 Å². The average molecular weight is 467 g/mol. The molecule has 0 heterocycles. The van der Waals surface area contributed by atoms with Crippen LogP contribution >= 0.6 is 0 Å². The van der Waals surface area contributed by atoms with Crippen molar-refractivity contribution in [2.45, 2.75) is 40.0 Å². The molecule has 0 radical (unpaired) electrons. The van der Waals surface area contributed by atoms with Crippen LogP contribution in [-0.4, -0.2) is 107 Å². The van der Waals surface area contributed by atoms with Crippen molar-refractivity contribution in [1.82, 2.24) is 15.5 Å². The molecule has 186 valence electrons. The van der Waals surface area contributed by atoms with Crippen LogP contribution in [0.25, 0.3) is 0 Å². The van der Waals surface area contributed by atoms with Crippen molar-refractivity contribution in [3.63, 3.8) is 0 Å². The zero-order chi connectivity index (χ0) is 23.9. The summed E-state index contributed by atoms with van der Waals surface area (Å²) in [5.74, 6) is 1.17. The molecule has 0 aromatic carbocycles. The van der Waals surface area contributed by atoms with Crippen LogP contribution in [0.4, 0.5) is 0 Å². The molecule has 0 aliphatic carbocycles. The highest BCUT2D eigenvalue weighted by Gasteiger charge is 2.17. The fourth-order valence-electron chi connectivity index (χ4n) is 3.17. The molecule has 0 saturated carbocycles. The molecule has 0 aliphatic rings. The number of hydrogen-bond acceptors (Lipinski definition) is 6. The molecule has 5 N–H and O–H groups in total. The zero-order valence-electron chi connectivity index (χ0n) is 20.4. The predicted octanol–water partition coefficient (Wildman–Crippen LogP) is 0.380. The number of carbonyl (C=O) groups excluding carboxylic acids is 1. The topological polar surface area (TPSA) is 125 Å². The Kier molecular flexibility index (Phi) is 15.5. The Labute approximate surface area is 190 Å². The molecule has 10 heteroatoms. The van der Waals surface area contributed by atoms with Crippen molar-refractivity contribution in [1.29, 1.82) is 0 Å². The molecule has 0 aromatic heterocycles. The van der Waals surface area contributed by atoms with Gasteiger partial charge in [0, 0.05) is 45.6 Å². The van der Waals surface area contributed by atoms with Gasteiger partial charge in [0.25, 0.3) is 10.1 Å². The Morgan fingerprint density at radius 3 is 2.32 bits per heavy atom. The maximum absolute atomic E-state index is 12.0. The van der Waals surface area contributed by atoms with Crippen LogP contribution in [0, 0.1) is 11.8 Å². The summed E-state index contributed by atoms with van der Waals surface area (Å²) >= 11 is 0. The SMILES string of the molecule is CC(C)C(C)CCN(CCN)CCNCCC(=O)NCC[N+](C)(C)CCCS(=O)(=O)O. The smallest absolute Gasteiger partial charge is 0.265 e. The molecule has 0 spiro atoms. The number of amides is 1. The Balaban J connectivity index is 3.92. The lowest BCUT2D eigenvalue weighted by molar-refractivity contribution is -0.889. The Morgan fingerprint density at radius 1 is 1.06 bits per heavy atom. The highest BCUT2D eigenvalue weighted by atomic mass is 32.2. The second-order valence-electron chi connectivity index (χ2n) is 9.51. The standard InChI is InChI=1S/C21H47N5O4S/c1-19(2)20(3)8-13-25(14-9-22)15-11-23-10-7-21(27)24-12-17-26(4,5)16-6-18-31(28,29)30/h19-20,23H,6-18,22H2,1-5H3,(H-,24,27,28,29,30)/p+1. The number of hydrogen-bond donors (Lipinski definition) is 4. The predicted molar refractivity (Wildman–Crippen MR) is 127 cm³/mol. The highest BCUT2D eigenvalue weighted by Crippen LogP contribution is 2.14. The van der Waals surface area contributed by atoms with Crippen LogP contribution < -0.4 is 16.4 Å². The Hall–Kier alpha value is -0.780. The minimum atomic E-state index is -3.91. The van der Waals surface area contributed by atoms with Gasteiger partial charge < -0.3 is 25.8 Å². The van der Waals surface area contributed by atoms with E-state index in [1.807, 2.05) is 14.1 Å². The number of quaternary nitrogens is 1. The molecule has 0 saturated heterocycles. The maximum Gasteiger partial charge on any atom is 0.265 e. The van der Waals surface area contributed by atoms with Gasteiger partial charge in [-0.1, -0.05) is 20.8 Å². The van der Waals surface area contributed by atoms with Gasteiger partial charge in [-0.05, 0) is 24.8 Å². The van der Waals surface area contributed by atoms with E-state index in [2.05, 4.69) is 36.3 Å². The summed E-state index contributed by atoms with van der Waals surface area (Å²) in [7, 11) is 0.0465. The molecule has 0 rings (SSSR count). The number of likely N-dealkylation sites (N-methyl/N-ethyl adjacent to an activating group) is 1. The van der Waals surface area contributed by atoms with Crippen molar-refractivity contribution in [3.8, 4) is 0 Å². The summed E-state index contributed by atoms with van der Waals surface area (Å²) in [5, 5.41) is 6.26. The lowest BCUT2D eigenvalue weighted by Gasteiger charge is -2.29. The third-order valence-corrected chi connectivity index (χ3v) is 6.63. The first kappa shape index (κ1) is 30.2. The number of nitrogens with one attached hydrogen (secondary N) is 2. The molecule has 9 nitrogen and oxygen atoms in total. The molecule has 0 aliphatic heterocycles. The van der Waals surface area contributed by atoms with Crippen molar-refractivity contribution < 1.29 is 22.2 Å². The van der Waals surface area contributed by atoms with E-state index in [1.54, 1.807) is 0 Å². The van der Waals surface area contributed by atoms with Crippen molar-refractivity contribution in [3.05, 3.63) is 0 Å². The highest BCUT2D eigenvalue weighted by molar-refractivity contribution is 7.85. The summed E-state index contributed by atoms with van der Waals surface area (Å²) < 4.78 is 31.0. The minimum Gasteiger partial charge on any atom is -0.350 e. The first-order chi connectivity index (χ1) is 14.4. The van der Waals surface area contributed by atoms with Gasteiger partial charge in [0.15, 0.2) is 0 Å². The molecule has 0 bridgehead atoms. The van der Waals surface area contributed by atoms with Crippen LogP contribution in [0.1, 0.15) is 40.0 Å². The van der Waals surface area contributed by atoms with Gasteiger partial charge in [-0.2, -0.15) is 8.42 Å². The molecular formula is C21H48N5O4S+. The van der Waals surface area contributed by atoms with E-state index in [-0.39, 0.29) is 11.7 Å². The first-order valence-corrected chi connectivity index (χ1v) is 13.1. The second kappa shape index (κ2) is 15.9. The van der Waals surface area contributed by atoms with E-state index in [4.69, 9.17) is 10.3 Å². The molecule has 31 heavy (non-hydrogen) atoms. The molecule has 1 unspecified atom stereocenters. The van der Waals surface area contributed by atoms with Crippen molar-refractivity contribution in [2.75, 3.05) is 78.8 Å².